The quantitative estimate of drug-likeness (QED) is 0.0963. The fourth-order valence-corrected chi connectivity index (χ4v) is 15.6. The van der Waals surface area contributed by atoms with Crippen LogP contribution in [0.2, 0.25) is 0 Å². The molecule has 0 atom stereocenters. The van der Waals surface area contributed by atoms with Gasteiger partial charge in [-0.25, -0.2) is 0 Å². The minimum Gasteiger partial charge on any atom is -0.144 e. The van der Waals surface area contributed by atoms with E-state index >= 15 is 0 Å². The van der Waals surface area contributed by atoms with Crippen molar-refractivity contribution in [1.29, 1.82) is 0 Å². The topological polar surface area (TPSA) is 0 Å². The van der Waals surface area contributed by atoms with Crippen LogP contribution in [0.5, 0.6) is 0 Å². The lowest BCUT2D eigenvalue weighted by Crippen LogP contribution is -1.89. The summed E-state index contributed by atoms with van der Waals surface area (Å²) >= 11 is 12.0. The van der Waals surface area contributed by atoms with Crippen molar-refractivity contribution >= 4 is 129 Å². The molecule has 0 nitrogen and oxygen atoms in total. The summed E-state index contributed by atoms with van der Waals surface area (Å²) in [6.45, 7) is 9.39. The Morgan fingerprint density at radius 2 is 0.750 bits per heavy atom. The lowest BCUT2D eigenvalue weighted by atomic mass is 9.98. The normalized spacial score (nSPS) is 12.4. The number of thiophene rings is 6. The molecule has 0 bridgehead atoms. The maximum Gasteiger partial charge on any atom is 0.0490 e. The monoisotopic (exact) mass is 790 g/mol. The van der Waals surface area contributed by atoms with E-state index in [1.807, 2.05) is 34.0 Å². The van der Waals surface area contributed by atoms with Crippen LogP contribution in [0.4, 0.5) is 0 Å². The Morgan fingerprint density at radius 1 is 0.385 bits per heavy atom. The van der Waals surface area contributed by atoms with Gasteiger partial charge in [0.25, 0.3) is 0 Å². The highest BCUT2D eigenvalue weighted by atomic mass is 32.1. The molecule has 266 valence electrons. The van der Waals surface area contributed by atoms with Gasteiger partial charge in [0.1, 0.15) is 0 Å². The molecule has 6 heteroatoms. The Labute approximate surface area is 331 Å². The number of rotatable bonds is 14. The van der Waals surface area contributed by atoms with E-state index in [-0.39, 0.29) is 0 Å². The summed E-state index contributed by atoms with van der Waals surface area (Å²) in [5, 5.41) is 13.2. The predicted octanol–water partition coefficient (Wildman–Crippen LogP) is 17.7. The van der Waals surface area contributed by atoms with Crippen molar-refractivity contribution in [2.75, 3.05) is 0 Å². The Morgan fingerprint density at radius 3 is 1.15 bits per heavy atom. The molecule has 0 saturated carbocycles. The first-order valence-electron chi connectivity index (χ1n) is 19.5. The summed E-state index contributed by atoms with van der Waals surface area (Å²) < 4.78 is 8.69. The molecule has 0 aliphatic carbocycles. The van der Waals surface area contributed by atoms with Gasteiger partial charge in [-0.1, -0.05) is 66.2 Å². The van der Waals surface area contributed by atoms with Gasteiger partial charge in [-0.15, -0.1) is 68.0 Å². The van der Waals surface area contributed by atoms with Crippen LogP contribution in [0, 0.1) is 0 Å². The molecular weight excluding hydrogens is 745 g/mol. The van der Waals surface area contributed by atoms with Crippen LogP contribution in [-0.4, -0.2) is 0 Å². The van der Waals surface area contributed by atoms with Crippen molar-refractivity contribution in [2.24, 2.45) is 0 Å². The number of hydrogen-bond donors (Lipinski definition) is 0. The first kappa shape index (κ1) is 35.1. The van der Waals surface area contributed by atoms with Gasteiger partial charge < -0.3 is 0 Å². The van der Waals surface area contributed by atoms with Crippen molar-refractivity contribution in [3.63, 3.8) is 0 Å². The maximum atomic E-state index is 2.62. The van der Waals surface area contributed by atoms with E-state index < -0.39 is 0 Å². The summed E-state index contributed by atoms with van der Waals surface area (Å²) in [6.07, 6.45) is 14.9. The number of hydrogen-bond acceptors (Lipinski definition) is 6. The fraction of sp³-hybridized carbons (Fsp3) is 0.348. The molecule has 0 saturated heterocycles. The summed E-state index contributed by atoms with van der Waals surface area (Å²) in [5.74, 6) is 0. The molecule has 0 unspecified atom stereocenters. The van der Waals surface area contributed by atoms with Gasteiger partial charge >= 0.3 is 0 Å². The van der Waals surface area contributed by atoms with Crippen LogP contribution in [0.25, 0.3) is 80.0 Å². The number of benzene rings is 3. The molecule has 0 spiro atoms. The number of fused-ring (bicyclic) bond motifs is 6. The molecule has 0 amide bonds. The van der Waals surface area contributed by atoms with Crippen molar-refractivity contribution < 1.29 is 0 Å². The maximum absolute atomic E-state index is 2.62. The van der Waals surface area contributed by atoms with Gasteiger partial charge in [-0.2, -0.15) is 0 Å². The highest BCUT2D eigenvalue weighted by molar-refractivity contribution is 7.30. The molecule has 0 N–H and O–H groups in total. The third-order valence-electron chi connectivity index (χ3n) is 11.1. The lowest BCUT2D eigenvalue weighted by molar-refractivity contribution is 0.669. The lowest BCUT2D eigenvalue weighted by Gasteiger charge is -2.06. The molecule has 6 heterocycles. The van der Waals surface area contributed by atoms with Crippen molar-refractivity contribution in [3.8, 4) is 19.5 Å². The van der Waals surface area contributed by atoms with Crippen LogP contribution in [-0.2, 0) is 25.7 Å². The van der Waals surface area contributed by atoms with Crippen LogP contribution >= 0.6 is 68.0 Å². The largest absolute Gasteiger partial charge is 0.144 e. The zero-order valence-electron chi connectivity index (χ0n) is 30.7. The van der Waals surface area contributed by atoms with E-state index in [4.69, 9.17) is 0 Å². The van der Waals surface area contributed by atoms with Crippen LogP contribution in [0.1, 0.15) is 101 Å². The van der Waals surface area contributed by atoms with E-state index in [0.717, 1.165) is 12.8 Å². The highest BCUT2D eigenvalue weighted by Crippen LogP contribution is 2.52. The second kappa shape index (κ2) is 14.9. The van der Waals surface area contributed by atoms with E-state index in [2.05, 4.69) is 121 Å². The first-order chi connectivity index (χ1) is 25.6. The zero-order valence-corrected chi connectivity index (χ0v) is 35.6. The molecule has 0 fully saturated rings. The second-order valence-electron chi connectivity index (χ2n) is 14.4. The SMILES string of the molecule is CCCCCCc1c(-c2sc3cc4c(CCCCCC)c(-c5sc6cc7ccsc7cc6c5CC)sc4cc3c2CC)sc2cc3ccsc3cc12. The first-order valence-corrected chi connectivity index (χ1v) is 24.5. The van der Waals surface area contributed by atoms with Gasteiger partial charge in [-0.05, 0) is 152 Å². The molecule has 3 aromatic carbocycles. The molecule has 0 aliphatic heterocycles. The van der Waals surface area contributed by atoms with Gasteiger partial charge in [0.05, 0.1) is 0 Å². The second-order valence-corrected chi connectivity index (χ2v) is 20.5. The van der Waals surface area contributed by atoms with Crippen LogP contribution < -0.4 is 0 Å². The molecule has 9 rings (SSSR count). The molecule has 52 heavy (non-hydrogen) atoms. The van der Waals surface area contributed by atoms with Crippen molar-refractivity contribution in [1.82, 2.24) is 0 Å². The number of aryl methyl sites for hydroxylation is 4. The Balaban J connectivity index is 1.21. The molecule has 6 aromatic heterocycles. The van der Waals surface area contributed by atoms with Crippen LogP contribution in [0.3, 0.4) is 0 Å². The number of unbranched alkanes of at least 4 members (excludes halogenated alkanes) is 6. The zero-order chi connectivity index (χ0) is 35.3. The van der Waals surface area contributed by atoms with Crippen molar-refractivity contribution in [2.45, 2.75) is 105 Å². The van der Waals surface area contributed by atoms with E-state index in [1.165, 1.54) is 134 Å². The summed E-state index contributed by atoms with van der Waals surface area (Å²) in [4.78, 5) is 6.15. The van der Waals surface area contributed by atoms with E-state index in [0.29, 0.717) is 0 Å². The van der Waals surface area contributed by atoms with Gasteiger partial charge in [-0.3, -0.25) is 0 Å². The summed E-state index contributed by atoms with van der Waals surface area (Å²) in [5.41, 5.74) is 6.31. The fourth-order valence-electron chi connectivity index (χ4n) is 8.38. The van der Waals surface area contributed by atoms with Crippen LogP contribution in [0.15, 0.2) is 59.3 Å². The third-order valence-corrected chi connectivity index (χ3v) is 18.0. The highest BCUT2D eigenvalue weighted by Gasteiger charge is 2.24. The molecular formula is C46H46S6. The van der Waals surface area contributed by atoms with Gasteiger partial charge in [0.2, 0.25) is 0 Å². The Bertz CT molecular complexity index is 2700. The van der Waals surface area contributed by atoms with E-state index in [9.17, 15) is 0 Å². The average Bonchev–Trinajstić information content (AvgIpc) is 4.01. The predicted molar refractivity (Wildman–Crippen MR) is 244 cm³/mol. The van der Waals surface area contributed by atoms with Gasteiger partial charge in [0, 0.05) is 47.7 Å². The molecule has 9 aromatic rings. The standard InChI is InChI=1S/C46H46S6/c1-5-9-11-13-15-31-35-24-38-28(18-20-48-38)22-40(35)50-45(31)44-30(8-4)34-25-42-36(26-41(34)51-44)32(16-14-12-10-6-2)46(52-42)43-29(7-3)33-23-37-27(17-19-47-37)21-39(33)49-43/h17-26H,5-16H2,1-4H3. The average molecular weight is 791 g/mol. The smallest absolute Gasteiger partial charge is 0.0490 e. The summed E-state index contributed by atoms with van der Waals surface area (Å²) in [7, 11) is 0. The molecule has 0 radical (unpaired) electrons. The van der Waals surface area contributed by atoms with Gasteiger partial charge in [0.15, 0.2) is 0 Å². The third kappa shape index (κ3) is 6.10. The Hall–Kier alpha value is -2.58. The Kier molecular flexibility index (Phi) is 10.1. The summed E-state index contributed by atoms with van der Waals surface area (Å²) in [6, 6.07) is 19.7. The van der Waals surface area contributed by atoms with Crippen molar-refractivity contribution in [3.05, 3.63) is 81.5 Å². The minimum absolute atomic E-state index is 1.06. The van der Waals surface area contributed by atoms with E-state index in [1.54, 1.807) is 32.0 Å². The molecule has 0 aliphatic rings. The minimum atomic E-state index is 1.06.